The van der Waals surface area contributed by atoms with E-state index in [9.17, 15) is 4.79 Å². The van der Waals surface area contributed by atoms with Gasteiger partial charge in [-0.15, -0.1) is 0 Å². The molecule has 2 aliphatic heterocycles. The molecule has 2 aliphatic rings. The molecule has 0 spiro atoms. The average molecular weight is 290 g/mol. The average Bonchev–Trinajstić information content (AvgIpc) is 2.77. The van der Waals surface area contributed by atoms with Crippen molar-refractivity contribution in [3.8, 4) is 5.75 Å². The molecule has 3 rings (SSSR count). The first-order valence-corrected chi connectivity index (χ1v) is 7.54. The Labute approximate surface area is 125 Å². The first kappa shape index (κ1) is 14.4. The van der Waals surface area contributed by atoms with Gasteiger partial charge in [-0.2, -0.15) is 0 Å². The number of fused-ring (bicyclic) bond motifs is 3. The lowest BCUT2D eigenvalue weighted by Crippen LogP contribution is -2.40. The molecule has 0 bridgehead atoms. The van der Waals surface area contributed by atoms with Crippen molar-refractivity contribution in [2.24, 2.45) is 5.92 Å². The molecule has 0 saturated carbocycles. The third-order valence-electron chi connectivity index (χ3n) is 4.41. The van der Waals surface area contributed by atoms with E-state index in [1.165, 1.54) is 5.56 Å². The van der Waals surface area contributed by atoms with Crippen molar-refractivity contribution in [3.63, 3.8) is 0 Å². The summed E-state index contributed by atoms with van der Waals surface area (Å²) in [6.45, 7) is 7.00. The number of hydrogen-bond acceptors (Lipinski definition) is 5. The van der Waals surface area contributed by atoms with E-state index in [-0.39, 0.29) is 24.0 Å². The summed E-state index contributed by atoms with van der Waals surface area (Å²) in [7, 11) is 0. The molecule has 3 unspecified atom stereocenters. The molecule has 3 atom stereocenters. The second-order valence-electron chi connectivity index (χ2n) is 5.74. The quantitative estimate of drug-likeness (QED) is 0.813. The number of esters is 1. The molecule has 5 heteroatoms. The van der Waals surface area contributed by atoms with Gasteiger partial charge in [0.05, 0.1) is 19.3 Å². The van der Waals surface area contributed by atoms with E-state index in [1.807, 2.05) is 6.92 Å². The minimum atomic E-state index is -0.315. The van der Waals surface area contributed by atoms with Gasteiger partial charge in [0, 0.05) is 11.5 Å². The fourth-order valence-corrected chi connectivity index (χ4v) is 3.35. The van der Waals surface area contributed by atoms with Gasteiger partial charge in [0.1, 0.15) is 11.8 Å². The lowest BCUT2D eigenvalue weighted by molar-refractivity contribution is -0.146. The lowest BCUT2D eigenvalue weighted by atomic mass is 9.85. The van der Waals surface area contributed by atoms with Crippen LogP contribution in [0.4, 0.5) is 0 Å². The monoisotopic (exact) mass is 290 g/mol. The van der Waals surface area contributed by atoms with Crippen molar-refractivity contribution in [2.45, 2.75) is 39.3 Å². The highest BCUT2D eigenvalue weighted by Gasteiger charge is 2.44. The number of hydrogen-bond donors (Lipinski definition) is 2. The summed E-state index contributed by atoms with van der Waals surface area (Å²) in [5, 5.41) is 0. The summed E-state index contributed by atoms with van der Waals surface area (Å²) in [5.74, 6) is 0.915. The van der Waals surface area contributed by atoms with Crippen LogP contribution >= 0.6 is 0 Å². The number of carbonyl (C=O) groups is 1. The third-order valence-corrected chi connectivity index (χ3v) is 4.41. The number of aryl methyl sites for hydroxylation is 2. The van der Waals surface area contributed by atoms with Crippen molar-refractivity contribution in [1.82, 2.24) is 10.9 Å². The van der Waals surface area contributed by atoms with E-state index in [1.54, 1.807) is 0 Å². The number of hydrazine groups is 1. The molecular formula is C16H22N2O3. The second-order valence-corrected chi connectivity index (χ2v) is 5.74. The Kier molecular flexibility index (Phi) is 3.87. The maximum atomic E-state index is 12.1. The minimum Gasteiger partial charge on any atom is -0.493 e. The minimum absolute atomic E-state index is 0.0804. The number of carbonyl (C=O) groups excluding carboxylic acids is 1. The molecule has 2 N–H and O–H groups in total. The third kappa shape index (κ3) is 2.40. The number of nitrogens with one attached hydrogen (secondary N) is 2. The highest BCUT2D eigenvalue weighted by molar-refractivity contribution is 5.77. The molecule has 0 aromatic heterocycles. The molecule has 2 heterocycles. The Morgan fingerprint density at radius 3 is 2.86 bits per heavy atom. The van der Waals surface area contributed by atoms with Crippen molar-refractivity contribution < 1.29 is 14.3 Å². The Hall–Kier alpha value is -1.59. The largest absolute Gasteiger partial charge is 0.493 e. The lowest BCUT2D eigenvalue weighted by Gasteiger charge is -2.21. The highest BCUT2D eigenvalue weighted by Crippen LogP contribution is 2.42. The van der Waals surface area contributed by atoms with Crippen molar-refractivity contribution in [1.29, 1.82) is 0 Å². The molecule has 1 aromatic rings. The van der Waals surface area contributed by atoms with Crippen molar-refractivity contribution in [3.05, 3.63) is 28.8 Å². The molecule has 1 aromatic carbocycles. The summed E-state index contributed by atoms with van der Waals surface area (Å²) >= 11 is 0. The molecular weight excluding hydrogens is 268 g/mol. The van der Waals surface area contributed by atoms with Crippen molar-refractivity contribution >= 4 is 5.97 Å². The second kappa shape index (κ2) is 5.66. The van der Waals surface area contributed by atoms with Crippen molar-refractivity contribution in [2.75, 3.05) is 13.2 Å². The number of benzene rings is 1. The van der Waals surface area contributed by atoms with Crippen LogP contribution in [-0.4, -0.2) is 25.2 Å². The van der Waals surface area contributed by atoms with Gasteiger partial charge in [0.15, 0.2) is 0 Å². The summed E-state index contributed by atoms with van der Waals surface area (Å²) in [5.41, 5.74) is 9.89. The topological polar surface area (TPSA) is 59.6 Å². The van der Waals surface area contributed by atoms with Gasteiger partial charge in [0.2, 0.25) is 0 Å². The summed E-state index contributed by atoms with van der Waals surface area (Å²) < 4.78 is 11.1. The Morgan fingerprint density at radius 2 is 2.10 bits per heavy atom. The molecule has 1 fully saturated rings. The van der Waals surface area contributed by atoms with Crippen LogP contribution in [0.3, 0.4) is 0 Å². The molecule has 0 radical (unpaired) electrons. The van der Waals surface area contributed by atoms with Gasteiger partial charge >= 0.3 is 5.97 Å². The normalized spacial score (nSPS) is 27.3. The van der Waals surface area contributed by atoms with Gasteiger partial charge in [0.25, 0.3) is 0 Å². The summed E-state index contributed by atoms with van der Waals surface area (Å²) in [4.78, 5) is 12.1. The zero-order chi connectivity index (χ0) is 15.0. The van der Waals surface area contributed by atoms with Gasteiger partial charge in [-0.05, 0) is 38.3 Å². The first-order chi connectivity index (χ1) is 10.1. The summed E-state index contributed by atoms with van der Waals surface area (Å²) in [6, 6.07) is 3.96. The standard InChI is InChI=1S/C16H22N2O3/c1-4-20-16(19)14-11-7-8-21-15-10(3)6-5-9(2)12(15)13(11)17-18-14/h5-6,11,13-14,17-18H,4,7-8H2,1-3H3. The van der Waals surface area contributed by atoms with E-state index in [0.29, 0.717) is 13.2 Å². The SMILES string of the molecule is CCOC(=O)C1NNC2c3c(C)ccc(C)c3OCCC12. The van der Waals surface area contributed by atoms with Crippen LogP contribution in [0.1, 0.15) is 36.1 Å². The van der Waals surface area contributed by atoms with Gasteiger partial charge < -0.3 is 9.47 Å². The van der Waals surface area contributed by atoms with Crippen LogP contribution in [-0.2, 0) is 9.53 Å². The number of rotatable bonds is 2. The highest BCUT2D eigenvalue weighted by atomic mass is 16.5. The van der Waals surface area contributed by atoms with Crippen LogP contribution < -0.4 is 15.6 Å². The maximum absolute atomic E-state index is 12.1. The molecule has 0 aliphatic carbocycles. The fourth-order valence-electron chi connectivity index (χ4n) is 3.35. The number of ether oxygens (including phenoxy) is 2. The van der Waals surface area contributed by atoms with E-state index in [2.05, 4.69) is 36.8 Å². The van der Waals surface area contributed by atoms with Crippen LogP contribution in [0.2, 0.25) is 0 Å². The molecule has 114 valence electrons. The molecule has 1 saturated heterocycles. The van der Waals surface area contributed by atoms with Crippen LogP contribution in [0.15, 0.2) is 12.1 Å². The molecule has 21 heavy (non-hydrogen) atoms. The summed E-state index contributed by atoms with van der Waals surface area (Å²) in [6.07, 6.45) is 0.821. The zero-order valence-electron chi connectivity index (χ0n) is 12.7. The maximum Gasteiger partial charge on any atom is 0.324 e. The van der Waals surface area contributed by atoms with E-state index < -0.39 is 0 Å². The Bertz CT molecular complexity index is 559. The van der Waals surface area contributed by atoms with Gasteiger partial charge in [-0.1, -0.05) is 12.1 Å². The van der Waals surface area contributed by atoms with E-state index in [0.717, 1.165) is 23.3 Å². The van der Waals surface area contributed by atoms with E-state index in [4.69, 9.17) is 9.47 Å². The first-order valence-electron chi connectivity index (χ1n) is 7.54. The Balaban J connectivity index is 1.97. The molecule has 0 amide bonds. The molecule has 5 nitrogen and oxygen atoms in total. The fraction of sp³-hybridized carbons (Fsp3) is 0.562. The van der Waals surface area contributed by atoms with Gasteiger partial charge in [-0.25, -0.2) is 10.9 Å². The Morgan fingerprint density at radius 1 is 1.33 bits per heavy atom. The van der Waals surface area contributed by atoms with E-state index >= 15 is 0 Å². The predicted octanol–water partition coefficient (Wildman–Crippen LogP) is 1.78. The predicted molar refractivity (Wildman–Crippen MR) is 79.0 cm³/mol. The van der Waals surface area contributed by atoms with Crippen LogP contribution in [0, 0.1) is 19.8 Å². The zero-order valence-corrected chi connectivity index (χ0v) is 12.7. The van der Waals surface area contributed by atoms with Gasteiger partial charge in [-0.3, -0.25) is 4.79 Å². The van der Waals surface area contributed by atoms with Crippen LogP contribution in [0.5, 0.6) is 5.75 Å². The van der Waals surface area contributed by atoms with Crippen LogP contribution in [0.25, 0.3) is 0 Å². The smallest absolute Gasteiger partial charge is 0.324 e.